The summed E-state index contributed by atoms with van der Waals surface area (Å²) in [5.41, 5.74) is -0.227. The van der Waals surface area contributed by atoms with E-state index in [0.717, 1.165) is 6.20 Å². The molecule has 9 heavy (non-hydrogen) atoms. The number of carbonyl (C=O) groups excluding carboxylic acids is 1. The molecule has 0 spiro atoms. The summed E-state index contributed by atoms with van der Waals surface area (Å²) < 4.78 is 12.1. The number of hydrogen-bond donors (Lipinski definition) is 2. The molecular weight excluding hydrogens is 123 g/mol. The summed E-state index contributed by atoms with van der Waals surface area (Å²) in [7, 11) is 0. The summed E-state index contributed by atoms with van der Waals surface area (Å²) in [6, 6.07) is 0. The van der Waals surface area contributed by atoms with Gasteiger partial charge in [0.2, 0.25) is 0 Å². The molecular formula is C5H5FN2O. The Labute approximate surface area is 51.1 Å². The second kappa shape index (κ2) is 1.97. The fourth-order valence-corrected chi connectivity index (χ4v) is 0.531. The van der Waals surface area contributed by atoms with Crippen molar-refractivity contribution in [2.45, 2.75) is 6.42 Å². The van der Waals surface area contributed by atoms with E-state index in [0.29, 0.717) is 0 Å². The molecule has 0 unspecified atom stereocenters. The van der Waals surface area contributed by atoms with Gasteiger partial charge in [0.25, 0.3) is 5.91 Å². The van der Waals surface area contributed by atoms with E-state index in [9.17, 15) is 9.18 Å². The van der Waals surface area contributed by atoms with Crippen LogP contribution in [0.4, 0.5) is 4.39 Å². The van der Waals surface area contributed by atoms with E-state index in [1.54, 1.807) is 0 Å². The summed E-state index contributed by atoms with van der Waals surface area (Å²) in [5.74, 6) is -0.990. The van der Waals surface area contributed by atoms with Gasteiger partial charge in [-0.05, 0) is 0 Å². The van der Waals surface area contributed by atoms with Gasteiger partial charge in [0.15, 0.2) is 0 Å². The predicted octanol–water partition coefficient (Wildman–Crippen LogP) is 0.337. The number of amides is 1. The third-order valence-electron chi connectivity index (χ3n) is 0.980. The van der Waals surface area contributed by atoms with E-state index in [1.807, 2.05) is 0 Å². The Kier molecular flexibility index (Phi) is 1.30. The third kappa shape index (κ3) is 1.13. The van der Waals surface area contributed by atoms with Gasteiger partial charge in [-0.1, -0.05) is 0 Å². The van der Waals surface area contributed by atoms with Crippen LogP contribution < -0.4 is 5.32 Å². The standard InChI is InChI=1S/C5H5FN2O/c6-3-1-4(7)5(9)8-2-3/h2,7H,1H2,(H,8,9). The van der Waals surface area contributed by atoms with Crippen LogP contribution in [0.15, 0.2) is 12.0 Å². The number of halogens is 1. The second-order valence-corrected chi connectivity index (χ2v) is 1.72. The molecule has 1 heterocycles. The molecule has 0 saturated heterocycles. The molecule has 48 valence electrons. The van der Waals surface area contributed by atoms with Crippen LogP contribution in [0.5, 0.6) is 0 Å². The summed E-state index contributed by atoms with van der Waals surface area (Å²) in [6.45, 7) is 0. The van der Waals surface area contributed by atoms with Crippen LogP contribution in [0.3, 0.4) is 0 Å². The number of nitrogens with one attached hydrogen (secondary N) is 2. The summed E-state index contributed by atoms with van der Waals surface area (Å²) >= 11 is 0. The molecule has 0 saturated carbocycles. The molecule has 1 rings (SSSR count). The molecule has 0 aliphatic carbocycles. The topological polar surface area (TPSA) is 53.0 Å². The molecule has 0 aromatic carbocycles. The van der Waals surface area contributed by atoms with Gasteiger partial charge in [0.1, 0.15) is 11.5 Å². The monoisotopic (exact) mass is 128 g/mol. The molecule has 0 aromatic heterocycles. The van der Waals surface area contributed by atoms with Gasteiger partial charge in [0, 0.05) is 12.6 Å². The summed E-state index contributed by atoms with van der Waals surface area (Å²) in [6.07, 6.45) is 0.798. The number of allylic oxidation sites excluding steroid dienone is 1. The predicted molar refractivity (Wildman–Crippen MR) is 29.7 cm³/mol. The van der Waals surface area contributed by atoms with Gasteiger partial charge < -0.3 is 5.32 Å². The van der Waals surface area contributed by atoms with Gasteiger partial charge in [-0.15, -0.1) is 0 Å². The van der Waals surface area contributed by atoms with Crippen molar-refractivity contribution in [3.63, 3.8) is 0 Å². The molecule has 2 N–H and O–H groups in total. The highest BCUT2D eigenvalue weighted by Crippen LogP contribution is 2.05. The SMILES string of the molecule is N=C1CC(F)=CNC1=O. The maximum Gasteiger partial charge on any atom is 0.269 e. The fraction of sp³-hybridized carbons (Fsp3) is 0.200. The molecule has 1 aliphatic rings. The highest BCUT2D eigenvalue weighted by molar-refractivity contribution is 6.38. The Bertz CT molecular complexity index is 197. The van der Waals surface area contributed by atoms with E-state index in [-0.39, 0.29) is 12.1 Å². The highest BCUT2D eigenvalue weighted by atomic mass is 19.1. The lowest BCUT2D eigenvalue weighted by molar-refractivity contribution is -0.114. The number of hydrogen-bond acceptors (Lipinski definition) is 2. The van der Waals surface area contributed by atoms with Crippen molar-refractivity contribution >= 4 is 11.6 Å². The zero-order chi connectivity index (χ0) is 6.85. The van der Waals surface area contributed by atoms with Crippen molar-refractivity contribution in [3.05, 3.63) is 12.0 Å². The quantitative estimate of drug-likeness (QED) is 0.485. The molecule has 0 bridgehead atoms. The van der Waals surface area contributed by atoms with Gasteiger partial charge >= 0.3 is 0 Å². The van der Waals surface area contributed by atoms with Gasteiger partial charge in [-0.2, -0.15) is 0 Å². The lowest BCUT2D eigenvalue weighted by atomic mass is 10.2. The van der Waals surface area contributed by atoms with Gasteiger partial charge in [0.05, 0.1) is 0 Å². The van der Waals surface area contributed by atoms with Crippen molar-refractivity contribution in [2.75, 3.05) is 0 Å². The van der Waals surface area contributed by atoms with Crippen molar-refractivity contribution in [2.24, 2.45) is 0 Å². The number of rotatable bonds is 0. The van der Waals surface area contributed by atoms with E-state index in [1.165, 1.54) is 0 Å². The summed E-state index contributed by atoms with van der Waals surface area (Å²) in [5, 5.41) is 8.91. The first kappa shape index (κ1) is 5.94. The number of carbonyl (C=O) groups is 1. The highest BCUT2D eigenvalue weighted by Gasteiger charge is 2.14. The minimum absolute atomic E-state index is 0.175. The fourth-order valence-electron chi connectivity index (χ4n) is 0.531. The Morgan fingerprint density at radius 3 is 2.89 bits per heavy atom. The minimum atomic E-state index is -0.517. The van der Waals surface area contributed by atoms with Crippen molar-refractivity contribution in [1.82, 2.24) is 5.32 Å². The van der Waals surface area contributed by atoms with Crippen molar-refractivity contribution < 1.29 is 9.18 Å². The Hall–Kier alpha value is -1.19. The van der Waals surface area contributed by atoms with Crippen molar-refractivity contribution in [1.29, 1.82) is 5.41 Å². The first-order valence-electron chi connectivity index (χ1n) is 2.43. The van der Waals surface area contributed by atoms with E-state index in [2.05, 4.69) is 5.32 Å². The average molecular weight is 128 g/mol. The van der Waals surface area contributed by atoms with Crippen molar-refractivity contribution in [3.8, 4) is 0 Å². The minimum Gasteiger partial charge on any atom is -0.325 e. The average Bonchev–Trinajstić information content (AvgIpc) is 1.80. The maximum atomic E-state index is 12.1. The zero-order valence-electron chi connectivity index (χ0n) is 4.57. The van der Waals surface area contributed by atoms with Crippen LogP contribution in [-0.4, -0.2) is 11.6 Å². The van der Waals surface area contributed by atoms with Crippen LogP contribution in [-0.2, 0) is 4.79 Å². The van der Waals surface area contributed by atoms with Crippen LogP contribution in [0, 0.1) is 5.41 Å². The van der Waals surface area contributed by atoms with Crippen LogP contribution >= 0.6 is 0 Å². The van der Waals surface area contributed by atoms with Gasteiger partial charge in [-0.3, -0.25) is 10.2 Å². The first-order valence-corrected chi connectivity index (χ1v) is 2.43. The Morgan fingerprint density at radius 1 is 1.78 bits per heavy atom. The lowest BCUT2D eigenvalue weighted by Crippen LogP contribution is -2.30. The van der Waals surface area contributed by atoms with E-state index >= 15 is 0 Å². The summed E-state index contributed by atoms with van der Waals surface area (Å²) in [4.78, 5) is 10.4. The zero-order valence-corrected chi connectivity index (χ0v) is 4.57. The lowest BCUT2D eigenvalue weighted by Gasteiger charge is -2.06. The molecule has 3 nitrogen and oxygen atoms in total. The van der Waals surface area contributed by atoms with E-state index < -0.39 is 11.7 Å². The molecule has 0 atom stereocenters. The third-order valence-corrected chi connectivity index (χ3v) is 0.980. The van der Waals surface area contributed by atoms with Crippen LogP contribution in [0.25, 0.3) is 0 Å². The molecule has 0 fully saturated rings. The second-order valence-electron chi connectivity index (χ2n) is 1.72. The maximum absolute atomic E-state index is 12.1. The molecule has 1 aliphatic heterocycles. The largest absolute Gasteiger partial charge is 0.325 e. The van der Waals surface area contributed by atoms with Gasteiger partial charge in [-0.25, -0.2) is 4.39 Å². The first-order chi connectivity index (χ1) is 4.20. The van der Waals surface area contributed by atoms with Crippen LogP contribution in [0.1, 0.15) is 6.42 Å². The molecule has 4 heteroatoms. The normalized spacial score (nSPS) is 19.0. The Balaban J connectivity index is 2.77. The Morgan fingerprint density at radius 2 is 2.44 bits per heavy atom. The van der Waals surface area contributed by atoms with Crippen LogP contribution in [0.2, 0.25) is 0 Å². The molecule has 0 aromatic rings. The van der Waals surface area contributed by atoms with E-state index in [4.69, 9.17) is 5.41 Å². The molecule has 0 radical (unpaired) electrons. The molecule has 1 amide bonds. The smallest absolute Gasteiger partial charge is 0.269 e.